The van der Waals surface area contributed by atoms with Gasteiger partial charge in [-0.05, 0) is 53.5 Å². The Morgan fingerprint density at radius 3 is 2.02 bits per heavy atom. The molecule has 12 rings (SSSR count). The van der Waals surface area contributed by atoms with E-state index in [0.717, 1.165) is 68.1 Å². The Bertz CT molecular complexity index is 3620. The van der Waals surface area contributed by atoms with Gasteiger partial charge in [0.1, 0.15) is 0 Å². The van der Waals surface area contributed by atoms with Gasteiger partial charge in [-0.2, -0.15) is 0 Å². The summed E-state index contributed by atoms with van der Waals surface area (Å²) in [5.74, 6) is 8.70. The number of allylic oxidation sites excluding steroid dienone is 1. The second-order valence-electron chi connectivity index (χ2n) is 15.6. The lowest BCUT2D eigenvalue weighted by Crippen LogP contribution is -2.28. The smallest absolute Gasteiger partial charge is 0.166 e. The average molecular weight is 780 g/mol. The molecule has 2 aliphatic carbocycles. The maximum absolute atomic E-state index is 5.42. The molecule has 0 atom stereocenters. The highest BCUT2D eigenvalue weighted by Gasteiger charge is 2.27. The van der Waals surface area contributed by atoms with Gasteiger partial charge < -0.3 is 9.13 Å². The fraction of sp³-hybridized carbons (Fsp3) is 0.0536. The minimum absolute atomic E-state index is 0.620. The van der Waals surface area contributed by atoms with E-state index in [4.69, 9.17) is 15.0 Å². The Hall–Kier alpha value is -8.07. The number of rotatable bonds is 6. The summed E-state index contributed by atoms with van der Waals surface area (Å²) in [6.07, 6.45) is 9.14. The zero-order valence-electron chi connectivity index (χ0n) is 33.3. The Kier molecular flexibility index (Phi) is 8.21. The molecule has 0 N–H and O–H groups in total. The van der Waals surface area contributed by atoms with Gasteiger partial charge in [0.05, 0.1) is 28.7 Å². The molecule has 5 heteroatoms. The molecule has 0 fully saturated rings. The summed E-state index contributed by atoms with van der Waals surface area (Å²) in [6, 6.07) is 59.9. The fourth-order valence-electron chi connectivity index (χ4n) is 9.50. The van der Waals surface area contributed by atoms with Gasteiger partial charge >= 0.3 is 0 Å². The summed E-state index contributed by atoms with van der Waals surface area (Å²) in [7, 11) is 0. The van der Waals surface area contributed by atoms with Crippen molar-refractivity contribution in [1.29, 1.82) is 0 Å². The number of benzene rings is 7. The zero-order chi connectivity index (χ0) is 40.3. The van der Waals surface area contributed by atoms with Crippen LogP contribution in [0, 0.1) is 11.8 Å². The molecular formula is C56H37N5. The van der Waals surface area contributed by atoms with E-state index in [9.17, 15) is 0 Å². The SMILES string of the molecule is C1#CCC(n2c3ccccc3c3cccc(-n4c5c(c6cccc(-c7nc(-c8ccccc8)nc(-c8ccccc8-c8ccccc8)n7)c64)C=CCC5)c32)=c2ccccc2=C1. The highest BCUT2D eigenvalue weighted by molar-refractivity contribution is 6.14. The van der Waals surface area contributed by atoms with E-state index in [0.29, 0.717) is 23.9 Å². The van der Waals surface area contributed by atoms with Crippen LogP contribution in [0.1, 0.15) is 24.1 Å². The van der Waals surface area contributed by atoms with Crippen molar-refractivity contribution >= 4 is 50.6 Å². The summed E-state index contributed by atoms with van der Waals surface area (Å²) < 4.78 is 5.01. The molecule has 5 nitrogen and oxygen atoms in total. The van der Waals surface area contributed by atoms with Crippen molar-refractivity contribution in [3.63, 3.8) is 0 Å². The van der Waals surface area contributed by atoms with Crippen molar-refractivity contribution in [1.82, 2.24) is 24.1 Å². The van der Waals surface area contributed by atoms with Crippen LogP contribution in [0.25, 0.3) is 102 Å². The minimum atomic E-state index is 0.620. The van der Waals surface area contributed by atoms with Crippen molar-refractivity contribution in [2.45, 2.75) is 19.3 Å². The first-order valence-electron chi connectivity index (χ1n) is 20.9. The molecule has 0 unspecified atom stereocenters. The molecule has 0 bridgehead atoms. The van der Waals surface area contributed by atoms with Crippen LogP contribution in [-0.4, -0.2) is 24.1 Å². The van der Waals surface area contributed by atoms with E-state index in [1.807, 2.05) is 24.3 Å². The number of para-hydroxylation sites is 3. The predicted octanol–water partition coefficient (Wildman–Crippen LogP) is 11.4. The van der Waals surface area contributed by atoms with Crippen molar-refractivity contribution in [3.8, 4) is 62.8 Å². The van der Waals surface area contributed by atoms with Gasteiger partial charge in [0, 0.05) is 55.0 Å². The highest BCUT2D eigenvalue weighted by atomic mass is 15.1. The molecule has 10 aromatic rings. The van der Waals surface area contributed by atoms with Crippen LogP contribution in [-0.2, 0) is 6.42 Å². The average Bonchev–Trinajstić information content (AvgIpc) is 3.76. The van der Waals surface area contributed by atoms with Crippen molar-refractivity contribution in [3.05, 3.63) is 198 Å². The molecule has 0 amide bonds. The van der Waals surface area contributed by atoms with E-state index < -0.39 is 0 Å². The van der Waals surface area contributed by atoms with Gasteiger partial charge in [0.2, 0.25) is 0 Å². The first-order valence-corrected chi connectivity index (χ1v) is 20.9. The Labute approximate surface area is 353 Å². The van der Waals surface area contributed by atoms with E-state index in [-0.39, 0.29) is 0 Å². The van der Waals surface area contributed by atoms with Gasteiger partial charge in [0.15, 0.2) is 17.5 Å². The third-order valence-electron chi connectivity index (χ3n) is 12.2. The first-order chi connectivity index (χ1) is 30.3. The summed E-state index contributed by atoms with van der Waals surface area (Å²) in [5.41, 5.74) is 13.2. The van der Waals surface area contributed by atoms with Crippen LogP contribution in [0.15, 0.2) is 176 Å². The summed E-state index contributed by atoms with van der Waals surface area (Å²) in [4.78, 5) is 16.0. The second kappa shape index (κ2) is 14.3. The molecule has 3 aromatic heterocycles. The van der Waals surface area contributed by atoms with Crippen LogP contribution < -0.4 is 10.4 Å². The molecule has 2 aliphatic rings. The molecule has 0 aliphatic heterocycles. The monoisotopic (exact) mass is 779 g/mol. The highest BCUT2D eigenvalue weighted by Crippen LogP contribution is 2.43. The van der Waals surface area contributed by atoms with Gasteiger partial charge in [-0.25, -0.2) is 15.0 Å². The van der Waals surface area contributed by atoms with Crippen LogP contribution in [0.4, 0.5) is 0 Å². The van der Waals surface area contributed by atoms with E-state index in [1.165, 1.54) is 38.3 Å². The molecule has 286 valence electrons. The Morgan fingerprint density at radius 2 is 1.15 bits per heavy atom. The summed E-state index contributed by atoms with van der Waals surface area (Å²) in [5, 5.41) is 5.90. The Balaban J connectivity index is 1.19. The van der Waals surface area contributed by atoms with E-state index in [2.05, 4.69) is 185 Å². The number of aromatic nitrogens is 5. The lowest BCUT2D eigenvalue weighted by Gasteiger charge is -2.19. The number of hydrogen-bond donors (Lipinski definition) is 0. The number of fused-ring (bicyclic) bond motifs is 7. The number of hydrogen-bond acceptors (Lipinski definition) is 3. The van der Waals surface area contributed by atoms with Crippen molar-refractivity contribution in [2.75, 3.05) is 0 Å². The minimum Gasteiger partial charge on any atom is -0.310 e. The van der Waals surface area contributed by atoms with E-state index in [1.54, 1.807) is 0 Å². The van der Waals surface area contributed by atoms with Crippen LogP contribution in [0.3, 0.4) is 0 Å². The van der Waals surface area contributed by atoms with Crippen LogP contribution >= 0.6 is 0 Å². The van der Waals surface area contributed by atoms with Gasteiger partial charge in [0.25, 0.3) is 0 Å². The third kappa shape index (κ3) is 5.68. The zero-order valence-corrected chi connectivity index (χ0v) is 33.3. The standard InChI is InChI=1S/C56H37N5/c1-3-19-37(20-4-1)40-25-10-11-29-46(40)55-57-54(39-23-5-2-6-24-39)58-56(59-55)47-32-17-30-44-42-27-12-16-35-50(42)61(52(44)47)51-36-18-31-45-43-28-13-15-34-49(43)60(53(45)51)48-33-14-8-22-38-21-7-9-26-41(38)48/h1-7,9-13,15,17-32,34,36H,16,33,35H2. The lowest BCUT2D eigenvalue weighted by molar-refractivity contribution is 0.889. The predicted molar refractivity (Wildman–Crippen MR) is 250 cm³/mol. The van der Waals surface area contributed by atoms with Crippen LogP contribution in [0.5, 0.6) is 0 Å². The Morgan fingerprint density at radius 1 is 0.492 bits per heavy atom. The van der Waals surface area contributed by atoms with Crippen molar-refractivity contribution < 1.29 is 0 Å². The summed E-state index contributed by atoms with van der Waals surface area (Å²) in [6.45, 7) is 0. The first kappa shape index (κ1) is 34.9. The van der Waals surface area contributed by atoms with Gasteiger partial charge in [-0.3, -0.25) is 0 Å². The molecule has 0 spiro atoms. The molecule has 3 heterocycles. The normalized spacial score (nSPS) is 13.1. The molecule has 0 radical (unpaired) electrons. The lowest BCUT2D eigenvalue weighted by atomic mass is 9.99. The van der Waals surface area contributed by atoms with Gasteiger partial charge in [-0.1, -0.05) is 176 Å². The molecule has 0 saturated carbocycles. The van der Waals surface area contributed by atoms with Crippen LogP contribution in [0.2, 0.25) is 0 Å². The molecule has 0 saturated heterocycles. The third-order valence-corrected chi connectivity index (χ3v) is 12.2. The maximum Gasteiger partial charge on any atom is 0.166 e. The molecular weight excluding hydrogens is 743 g/mol. The van der Waals surface area contributed by atoms with E-state index >= 15 is 0 Å². The molecule has 61 heavy (non-hydrogen) atoms. The summed E-state index contributed by atoms with van der Waals surface area (Å²) >= 11 is 0. The maximum atomic E-state index is 5.42. The molecule has 7 aromatic carbocycles. The fourth-order valence-corrected chi connectivity index (χ4v) is 9.50. The second-order valence-corrected chi connectivity index (χ2v) is 15.6. The quantitative estimate of drug-likeness (QED) is 0.158. The largest absolute Gasteiger partial charge is 0.310 e. The topological polar surface area (TPSA) is 48.5 Å². The van der Waals surface area contributed by atoms with Crippen molar-refractivity contribution in [2.24, 2.45) is 0 Å². The van der Waals surface area contributed by atoms with Gasteiger partial charge in [-0.15, -0.1) is 0 Å². The number of nitrogens with zero attached hydrogens (tertiary/aromatic N) is 5.